The van der Waals surface area contributed by atoms with Gasteiger partial charge in [-0.15, -0.1) is 0 Å². The van der Waals surface area contributed by atoms with E-state index in [9.17, 15) is 4.79 Å². The number of fused-ring (bicyclic) bond motifs is 2. The van der Waals surface area contributed by atoms with Crippen LogP contribution in [0.5, 0.6) is 0 Å². The van der Waals surface area contributed by atoms with Crippen LogP contribution in [0.4, 0.5) is 5.82 Å². The van der Waals surface area contributed by atoms with Gasteiger partial charge in [-0.3, -0.25) is 14.5 Å². The zero-order valence-electron chi connectivity index (χ0n) is 25.9. The van der Waals surface area contributed by atoms with Crippen molar-refractivity contribution in [3.63, 3.8) is 0 Å². The average molecular weight is 581 g/mol. The van der Waals surface area contributed by atoms with E-state index in [4.69, 9.17) is 14.7 Å². The lowest BCUT2D eigenvalue weighted by atomic mass is 9.98. The summed E-state index contributed by atoms with van der Waals surface area (Å²) in [5, 5.41) is 0. The maximum absolute atomic E-state index is 13.1. The van der Waals surface area contributed by atoms with Crippen molar-refractivity contribution >= 4 is 28.0 Å². The van der Waals surface area contributed by atoms with Crippen molar-refractivity contribution in [2.75, 3.05) is 18.0 Å². The van der Waals surface area contributed by atoms with Gasteiger partial charge in [0.15, 0.2) is 5.82 Å². The molecule has 6 rings (SSSR count). The maximum Gasteiger partial charge on any atom is 0.350 e. The molecule has 1 aliphatic heterocycles. The molecule has 0 aliphatic carbocycles. The standard InChI is InChI=1S/C33H40N8O2/c1-7-26-18-40(22(3)17-41(26)23(4)25-13-14-27-28(15-25)35-21(2)16-34-27)31-30-32(39(6)33(42)37-31)38(5)29(36-30)20-43-19-24-11-9-8-10-12-24/h8-16,22-23,26H,7,17-20H2,1-6H3/t22-,23?,26+/m0/s1. The summed E-state index contributed by atoms with van der Waals surface area (Å²) < 4.78 is 9.56. The van der Waals surface area contributed by atoms with E-state index in [0.29, 0.717) is 19.0 Å². The number of benzene rings is 2. The zero-order valence-corrected chi connectivity index (χ0v) is 25.9. The summed E-state index contributed by atoms with van der Waals surface area (Å²) in [5.74, 6) is 1.41. The Kier molecular flexibility index (Phi) is 7.98. The van der Waals surface area contributed by atoms with E-state index in [1.807, 2.05) is 55.1 Å². The third-order valence-electron chi connectivity index (χ3n) is 8.81. The van der Waals surface area contributed by atoms with Gasteiger partial charge >= 0.3 is 5.69 Å². The zero-order chi connectivity index (χ0) is 30.2. The molecule has 0 bridgehead atoms. The maximum atomic E-state index is 13.1. The van der Waals surface area contributed by atoms with Crippen LogP contribution in [0.15, 0.2) is 59.5 Å². The average Bonchev–Trinajstić information content (AvgIpc) is 3.34. The quantitative estimate of drug-likeness (QED) is 0.261. The Balaban J connectivity index is 1.28. The molecule has 1 aliphatic rings. The van der Waals surface area contributed by atoms with E-state index in [0.717, 1.165) is 58.8 Å². The Morgan fingerprint density at radius 2 is 1.77 bits per heavy atom. The summed E-state index contributed by atoms with van der Waals surface area (Å²) in [6.07, 6.45) is 2.78. The van der Waals surface area contributed by atoms with Crippen molar-refractivity contribution < 1.29 is 4.74 Å². The van der Waals surface area contributed by atoms with Crippen molar-refractivity contribution in [2.45, 2.75) is 65.5 Å². The summed E-state index contributed by atoms with van der Waals surface area (Å²) in [6.45, 7) is 11.1. The van der Waals surface area contributed by atoms with Gasteiger partial charge in [0, 0.05) is 51.5 Å². The predicted octanol–water partition coefficient (Wildman–Crippen LogP) is 4.69. The van der Waals surface area contributed by atoms with Crippen LogP contribution in [0, 0.1) is 6.92 Å². The number of imidazole rings is 1. The van der Waals surface area contributed by atoms with Crippen molar-refractivity contribution in [2.24, 2.45) is 14.1 Å². The molecule has 3 atom stereocenters. The second kappa shape index (κ2) is 11.9. The highest BCUT2D eigenvalue weighted by molar-refractivity contribution is 5.84. The predicted molar refractivity (Wildman–Crippen MR) is 169 cm³/mol. The summed E-state index contributed by atoms with van der Waals surface area (Å²) in [5.41, 5.74) is 6.28. The van der Waals surface area contributed by atoms with E-state index >= 15 is 0 Å². The van der Waals surface area contributed by atoms with E-state index in [2.05, 4.69) is 58.7 Å². The van der Waals surface area contributed by atoms with E-state index in [1.54, 1.807) is 11.6 Å². The first-order chi connectivity index (χ1) is 20.7. The molecule has 43 heavy (non-hydrogen) atoms. The van der Waals surface area contributed by atoms with Gasteiger partial charge in [0.2, 0.25) is 0 Å². The lowest BCUT2D eigenvalue weighted by molar-refractivity contribution is 0.100. The molecule has 0 amide bonds. The smallest absolute Gasteiger partial charge is 0.350 e. The number of aryl methyl sites for hydroxylation is 3. The highest BCUT2D eigenvalue weighted by atomic mass is 16.5. The first-order valence-corrected chi connectivity index (χ1v) is 15.0. The number of nitrogens with zero attached hydrogens (tertiary/aromatic N) is 8. The van der Waals surface area contributed by atoms with Crippen LogP contribution in [-0.4, -0.2) is 59.1 Å². The molecular weight excluding hydrogens is 540 g/mol. The molecule has 0 saturated carbocycles. The van der Waals surface area contributed by atoms with Gasteiger partial charge in [-0.2, -0.15) is 4.98 Å². The fraction of sp³-hybridized carbons (Fsp3) is 0.424. The Bertz CT molecular complexity index is 1820. The fourth-order valence-corrected chi connectivity index (χ4v) is 6.31. The second-order valence-electron chi connectivity index (χ2n) is 11.7. The van der Waals surface area contributed by atoms with Gasteiger partial charge in [-0.1, -0.05) is 43.3 Å². The Labute approximate surface area is 252 Å². The monoisotopic (exact) mass is 580 g/mol. The van der Waals surface area contributed by atoms with E-state index < -0.39 is 0 Å². The number of rotatable bonds is 8. The molecule has 224 valence electrons. The van der Waals surface area contributed by atoms with Crippen LogP contribution in [0.3, 0.4) is 0 Å². The van der Waals surface area contributed by atoms with Gasteiger partial charge < -0.3 is 14.2 Å². The molecule has 1 fully saturated rings. The highest BCUT2D eigenvalue weighted by Gasteiger charge is 2.36. The van der Waals surface area contributed by atoms with Crippen LogP contribution in [0.2, 0.25) is 0 Å². The fourth-order valence-electron chi connectivity index (χ4n) is 6.31. The number of piperazine rings is 1. The van der Waals surface area contributed by atoms with Crippen molar-refractivity contribution in [3.05, 3.63) is 87.9 Å². The van der Waals surface area contributed by atoms with Gasteiger partial charge in [0.25, 0.3) is 0 Å². The molecule has 3 aromatic heterocycles. The summed E-state index contributed by atoms with van der Waals surface area (Å²) >= 11 is 0. The van der Waals surface area contributed by atoms with Crippen molar-refractivity contribution in [3.8, 4) is 0 Å². The molecule has 0 radical (unpaired) electrons. The van der Waals surface area contributed by atoms with E-state index in [1.165, 1.54) is 5.56 Å². The summed E-state index contributed by atoms with van der Waals surface area (Å²) in [4.78, 5) is 36.8. The molecule has 2 aromatic carbocycles. The summed E-state index contributed by atoms with van der Waals surface area (Å²) in [6, 6.07) is 17.1. The number of hydrogen-bond acceptors (Lipinski definition) is 8. The van der Waals surface area contributed by atoms with Crippen molar-refractivity contribution in [1.29, 1.82) is 0 Å². The van der Waals surface area contributed by atoms with Crippen LogP contribution in [0.25, 0.3) is 22.2 Å². The molecule has 0 N–H and O–H groups in total. The largest absolute Gasteiger partial charge is 0.369 e. The summed E-state index contributed by atoms with van der Waals surface area (Å²) in [7, 11) is 3.69. The molecule has 1 unspecified atom stereocenters. The first kappa shape index (κ1) is 28.9. The number of hydrogen-bond donors (Lipinski definition) is 0. The molecule has 1 saturated heterocycles. The van der Waals surface area contributed by atoms with Gasteiger partial charge in [0.05, 0.1) is 23.3 Å². The number of anilines is 1. The van der Waals surface area contributed by atoms with Crippen LogP contribution in [-0.2, 0) is 32.0 Å². The Morgan fingerprint density at radius 3 is 2.53 bits per heavy atom. The highest BCUT2D eigenvalue weighted by Crippen LogP contribution is 2.33. The number of aromatic nitrogens is 6. The minimum atomic E-state index is -0.286. The van der Waals surface area contributed by atoms with Crippen molar-refractivity contribution in [1.82, 2.24) is 34.0 Å². The Hall–Kier alpha value is -4.15. The SMILES string of the molecule is CC[C@@H]1CN(c2nc(=O)n(C)c3c2nc(COCc2ccccc2)n3C)[C@@H](C)CN1C(C)c1ccc2ncc(C)nc2c1. The van der Waals surface area contributed by atoms with Gasteiger partial charge in [0.1, 0.15) is 23.6 Å². The lowest BCUT2D eigenvalue weighted by Crippen LogP contribution is -2.58. The molecule has 0 spiro atoms. The molecule has 10 heteroatoms. The second-order valence-corrected chi connectivity index (χ2v) is 11.7. The van der Waals surface area contributed by atoms with Gasteiger partial charge in [-0.25, -0.2) is 14.8 Å². The molecule has 10 nitrogen and oxygen atoms in total. The van der Waals surface area contributed by atoms with E-state index in [-0.39, 0.29) is 23.8 Å². The third kappa shape index (κ3) is 5.52. The molecular formula is C33H40N8O2. The normalized spacial score (nSPS) is 18.5. The lowest BCUT2D eigenvalue weighted by Gasteiger charge is -2.48. The van der Waals surface area contributed by atoms with Crippen LogP contribution < -0.4 is 10.6 Å². The molecule has 5 aromatic rings. The number of ether oxygens (including phenoxy) is 1. The topological polar surface area (TPSA) is 94.2 Å². The van der Waals surface area contributed by atoms with Crippen LogP contribution in [0.1, 0.15) is 55.9 Å². The molecule has 4 heterocycles. The minimum absolute atomic E-state index is 0.121. The third-order valence-corrected chi connectivity index (χ3v) is 8.81. The first-order valence-electron chi connectivity index (χ1n) is 15.0. The minimum Gasteiger partial charge on any atom is -0.369 e. The Morgan fingerprint density at radius 1 is 0.977 bits per heavy atom. The van der Waals surface area contributed by atoms with Crippen LogP contribution >= 0.6 is 0 Å². The van der Waals surface area contributed by atoms with Gasteiger partial charge in [-0.05, 0) is 50.5 Å².